The van der Waals surface area contributed by atoms with Crippen LogP contribution in [0.4, 0.5) is 5.69 Å². The first-order valence-corrected chi connectivity index (χ1v) is 8.73. The third-order valence-corrected chi connectivity index (χ3v) is 5.09. The molecule has 24 heavy (non-hydrogen) atoms. The largest absolute Gasteiger partial charge is 0.489 e. The molecule has 126 valence electrons. The van der Waals surface area contributed by atoms with Crippen LogP contribution < -0.4 is 10.1 Å². The maximum absolute atomic E-state index is 11.5. The van der Waals surface area contributed by atoms with Crippen molar-refractivity contribution in [3.8, 4) is 5.75 Å². The van der Waals surface area contributed by atoms with E-state index in [9.17, 15) is 14.7 Å². The summed E-state index contributed by atoms with van der Waals surface area (Å²) < 4.78 is 7.50. The lowest BCUT2D eigenvalue weighted by Crippen LogP contribution is -2.13. The zero-order valence-electron chi connectivity index (χ0n) is 12.8. The maximum Gasteiger partial charge on any atom is 0.337 e. The Morgan fingerprint density at radius 1 is 1.12 bits per heavy atom. The highest BCUT2D eigenvalue weighted by atomic mass is 79.9. The molecule has 0 saturated carbocycles. The van der Waals surface area contributed by atoms with Gasteiger partial charge in [0.2, 0.25) is 5.91 Å². The SMILES string of the molecule is CCC(=O)Nc1ccc(OCc2ccc(Br)c(Br)c2)cc1C(=O)O. The molecule has 0 atom stereocenters. The van der Waals surface area contributed by atoms with Crippen molar-refractivity contribution in [2.24, 2.45) is 0 Å². The number of rotatable bonds is 6. The molecule has 0 fully saturated rings. The Bertz CT molecular complexity index is 777. The molecule has 2 aromatic carbocycles. The van der Waals surface area contributed by atoms with Crippen LogP contribution in [-0.2, 0) is 11.4 Å². The van der Waals surface area contributed by atoms with Gasteiger partial charge in [-0.05, 0) is 67.8 Å². The molecular weight excluding hydrogens is 442 g/mol. The zero-order valence-corrected chi connectivity index (χ0v) is 16.0. The number of halogens is 2. The van der Waals surface area contributed by atoms with Crippen molar-refractivity contribution in [1.29, 1.82) is 0 Å². The molecule has 0 aromatic heterocycles. The Hall–Kier alpha value is -1.86. The lowest BCUT2D eigenvalue weighted by molar-refractivity contribution is -0.115. The van der Waals surface area contributed by atoms with Gasteiger partial charge in [-0.1, -0.05) is 13.0 Å². The number of ether oxygens (including phenoxy) is 1. The van der Waals surface area contributed by atoms with Crippen LogP contribution in [0.5, 0.6) is 5.75 Å². The number of carbonyl (C=O) groups is 2. The highest BCUT2D eigenvalue weighted by molar-refractivity contribution is 9.13. The van der Waals surface area contributed by atoms with Crippen molar-refractivity contribution in [1.82, 2.24) is 0 Å². The Morgan fingerprint density at radius 3 is 2.50 bits per heavy atom. The Kier molecular flexibility index (Phi) is 6.39. The average Bonchev–Trinajstić information content (AvgIpc) is 2.56. The Balaban J connectivity index is 2.15. The summed E-state index contributed by atoms with van der Waals surface area (Å²) in [5.74, 6) is -0.954. The summed E-state index contributed by atoms with van der Waals surface area (Å²) in [5, 5.41) is 11.9. The van der Waals surface area contributed by atoms with Gasteiger partial charge in [-0.15, -0.1) is 0 Å². The second-order valence-corrected chi connectivity index (χ2v) is 6.66. The molecule has 0 aliphatic heterocycles. The number of carboxylic acid groups (broad SMARTS) is 1. The van der Waals surface area contributed by atoms with Gasteiger partial charge in [-0.2, -0.15) is 0 Å². The summed E-state index contributed by atoms with van der Waals surface area (Å²) in [6.45, 7) is 2.00. The highest BCUT2D eigenvalue weighted by Gasteiger charge is 2.13. The second-order valence-electron chi connectivity index (χ2n) is 4.95. The Morgan fingerprint density at radius 2 is 1.88 bits per heavy atom. The molecule has 0 aliphatic carbocycles. The van der Waals surface area contributed by atoms with Crippen LogP contribution in [0.1, 0.15) is 29.3 Å². The van der Waals surface area contributed by atoms with E-state index in [-0.39, 0.29) is 23.6 Å². The van der Waals surface area contributed by atoms with Gasteiger partial charge in [0.1, 0.15) is 12.4 Å². The van der Waals surface area contributed by atoms with E-state index < -0.39 is 5.97 Å². The first-order chi connectivity index (χ1) is 11.4. The first kappa shape index (κ1) is 18.5. The van der Waals surface area contributed by atoms with Crippen LogP contribution in [-0.4, -0.2) is 17.0 Å². The fourth-order valence-corrected chi connectivity index (χ4v) is 2.61. The molecule has 2 rings (SSSR count). The predicted octanol–water partition coefficient (Wildman–Crippen LogP) is 4.84. The number of anilines is 1. The minimum absolute atomic E-state index is 0.00807. The molecule has 7 heteroatoms. The maximum atomic E-state index is 11.5. The first-order valence-electron chi connectivity index (χ1n) is 7.14. The fourth-order valence-electron chi connectivity index (χ4n) is 1.93. The van der Waals surface area contributed by atoms with Gasteiger partial charge >= 0.3 is 5.97 Å². The lowest BCUT2D eigenvalue weighted by atomic mass is 10.1. The number of nitrogens with one attached hydrogen (secondary N) is 1. The van der Waals surface area contributed by atoms with Crippen molar-refractivity contribution in [3.05, 3.63) is 56.5 Å². The third-order valence-electron chi connectivity index (χ3n) is 3.21. The van der Waals surface area contributed by atoms with Gasteiger partial charge in [-0.3, -0.25) is 4.79 Å². The molecule has 0 bridgehead atoms. The number of benzene rings is 2. The topological polar surface area (TPSA) is 75.6 Å². The minimum Gasteiger partial charge on any atom is -0.489 e. The number of amides is 1. The van der Waals surface area contributed by atoms with Gasteiger partial charge in [0, 0.05) is 15.4 Å². The van der Waals surface area contributed by atoms with Crippen molar-refractivity contribution in [2.45, 2.75) is 20.0 Å². The second kappa shape index (κ2) is 8.30. The molecule has 0 heterocycles. The van der Waals surface area contributed by atoms with Crippen LogP contribution in [0, 0.1) is 0 Å². The lowest BCUT2D eigenvalue weighted by Gasteiger charge is -2.11. The fraction of sp³-hybridized carbons (Fsp3) is 0.176. The van der Waals surface area contributed by atoms with Gasteiger partial charge in [0.25, 0.3) is 0 Å². The molecule has 0 saturated heterocycles. The van der Waals surface area contributed by atoms with Crippen molar-refractivity contribution in [3.63, 3.8) is 0 Å². The van der Waals surface area contributed by atoms with E-state index in [2.05, 4.69) is 37.2 Å². The van der Waals surface area contributed by atoms with E-state index in [0.29, 0.717) is 12.4 Å². The van der Waals surface area contributed by atoms with Crippen LogP contribution in [0.3, 0.4) is 0 Å². The summed E-state index contributed by atoms with van der Waals surface area (Å²) >= 11 is 6.82. The summed E-state index contributed by atoms with van der Waals surface area (Å²) in [5.41, 5.74) is 1.18. The van der Waals surface area contributed by atoms with Gasteiger partial charge in [-0.25, -0.2) is 4.79 Å². The summed E-state index contributed by atoms with van der Waals surface area (Å²) in [6.07, 6.45) is 0.274. The normalized spacial score (nSPS) is 10.3. The highest BCUT2D eigenvalue weighted by Crippen LogP contribution is 2.26. The quantitative estimate of drug-likeness (QED) is 0.652. The molecule has 0 unspecified atom stereocenters. The molecule has 0 aliphatic rings. The number of carbonyl (C=O) groups excluding carboxylic acids is 1. The van der Waals surface area contributed by atoms with E-state index >= 15 is 0 Å². The van der Waals surface area contributed by atoms with Crippen molar-refractivity contribution < 1.29 is 19.4 Å². The molecule has 2 aromatic rings. The third kappa shape index (κ3) is 4.82. The minimum atomic E-state index is -1.13. The molecule has 2 N–H and O–H groups in total. The number of aromatic carboxylic acids is 1. The predicted molar refractivity (Wildman–Crippen MR) is 98.5 cm³/mol. The summed E-state index contributed by atoms with van der Waals surface area (Å²) in [7, 11) is 0. The summed E-state index contributed by atoms with van der Waals surface area (Å²) in [4.78, 5) is 22.8. The van der Waals surface area contributed by atoms with Crippen molar-refractivity contribution in [2.75, 3.05) is 5.32 Å². The summed E-state index contributed by atoms with van der Waals surface area (Å²) in [6, 6.07) is 10.3. The standard InChI is InChI=1S/C17H15Br2NO4/c1-2-16(21)20-15-6-4-11(8-12(15)17(22)23)24-9-10-3-5-13(18)14(19)7-10/h3-8H,2,9H2,1H3,(H,20,21)(H,22,23). The molecule has 5 nitrogen and oxygen atoms in total. The molecule has 1 amide bonds. The van der Waals surface area contributed by atoms with Gasteiger partial charge in [0.15, 0.2) is 0 Å². The average molecular weight is 457 g/mol. The van der Waals surface area contributed by atoms with Gasteiger partial charge < -0.3 is 15.2 Å². The van der Waals surface area contributed by atoms with Crippen molar-refractivity contribution >= 4 is 49.4 Å². The van der Waals surface area contributed by atoms with Crippen LogP contribution in [0.2, 0.25) is 0 Å². The van der Waals surface area contributed by atoms with Gasteiger partial charge in [0.05, 0.1) is 11.3 Å². The smallest absolute Gasteiger partial charge is 0.337 e. The van der Waals surface area contributed by atoms with E-state index in [1.165, 1.54) is 12.1 Å². The van der Waals surface area contributed by atoms with E-state index in [1.54, 1.807) is 13.0 Å². The number of hydrogen-bond donors (Lipinski definition) is 2. The molecular formula is C17H15Br2NO4. The van der Waals surface area contributed by atoms with Crippen LogP contribution >= 0.6 is 31.9 Å². The van der Waals surface area contributed by atoms with E-state index in [4.69, 9.17) is 4.74 Å². The Labute approximate surface area is 156 Å². The zero-order chi connectivity index (χ0) is 17.7. The monoisotopic (exact) mass is 455 g/mol. The number of carboxylic acids is 1. The van der Waals surface area contributed by atoms with Crippen LogP contribution in [0.25, 0.3) is 0 Å². The van der Waals surface area contributed by atoms with E-state index in [0.717, 1.165) is 14.5 Å². The van der Waals surface area contributed by atoms with E-state index in [1.807, 2.05) is 18.2 Å². The van der Waals surface area contributed by atoms with Crippen LogP contribution in [0.15, 0.2) is 45.3 Å². The molecule has 0 radical (unpaired) electrons. The molecule has 0 spiro atoms. The number of hydrogen-bond acceptors (Lipinski definition) is 3.